The number of fused-ring (bicyclic) bond motifs is 1. The highest BCUT2D eigenvalue weighted by molar-refractivity contribution is 9.10. The van der Waals surface area contributed by atoms with Gasteiger partial charge in [0.05, 0.1) is 5.69 Å². The molecule has 1 aromatic rings. The van der Waals surface area contributed by atoms with E-state index >= 15 is 0 Å². The summed E-state index contributed by atoms with van der Waals surface area (Å²) < 4.78 is 3.02. The third-order valence-electron chi connectivity index (χ3n) is 2.71. The van der Waals surface area contributed by atoms with Gasteiger partial charge in [0.1, 0.15) is 0 Å². The second-order valence-corrected chi connectivity index (χ2v) is 4.75. The molecule has 3 nitrogen and oxygen atoms in total. The number of halogens is 2. The van der Waals surface area contributed by atoms with E-state index in [1.165, 1.54) is 12.1 Å². The zero-order valence-corrected chi connectivity index (χ0v) is 10.4. The molecule has 1 aromatic heterocycles. The van der Waals surface area contributed by atoms with Crippen molar-refractivity contribution in [3.63, 3.8) is 0 Å². The molecule has 1 aliphatic heterocycles. The minimum absolute atomic E-state index is 0.651. The molecule has 5 heteroatoms. The summed E-state index contributed by atoms with van der Waals surface area (Å²) in [5.74, 6) is 0.689. The molecule has 0 radical (unpaired) electrons. The molecular weight excluding hydrogens is 265 g/mol. The van der Waals surface area contributed by atoms with Crippen LogP contribution in [0.2, 0.25) is 5.15 Å². The number of nitrogens with one attached hydrogen (secondary N) is 1. The molecule has 0 aliphatic carbocycles. The first-order valence-corrected chi connectivity index (χ1v) is 5.94. The Morgan fingerprint density at radius 3 is 3.21 bits per heavy atom. The van der Waals surface area contributed by atoms with Gasteiger partial charge in [-0.3, -0.25) is 0 Å². The van der Waals surface area contributed by atoms with Gasteiger partial charge < -0.3 is 9.88 Å². The van der Waals surface area contributed by atoms with E-state index in [0.29, 0.717) is 11.1 Å². The standard InChI is InChI=1S/C9H13BrClN3/c1-12-5-6-2-3-14-7(4-6)8(11)13-9(14)10/h6,12H,2-5H2,1H3. The topological polar surface area (TPSA) is 29.9 Å². The summed E-state index contributed by atoms with van der Waals surface area (Å²) in [6.45, 7) is 2.07. The summed E-state index contributed by atoms with van der Waals surface area (Å²) in [5.41, 5.74) is 1.17. The Kier molecular flexibility index (Phi) is 3.14. The van der Waals surface area contributed by atoms with Gasteiger partial charge in [0, 0.05) is 6.54 Å². The highest BCUT2D eigenvalue weighted by Gasteiger charge is 2.23. The first-order valence-electron chi connectivity index (χ1n) is 4.77. The molecule has 0 saturated heterocycles. The van der Waals surface area contributed by atoms with Gasteiger partial charge in [0.2, 0.25) is 0 Å². The Bertz CT molecular complexity index is 337. The molecular formula is C9H13BrClN3. The van der Waals surface area contributed by atoms with Crippen LogP contribution in [0.5, 0.6) is 0 Å². The molecule has 2 rings (SSSR count). The van der Waals surface area contributed by atoms with Crippen molar-refractivity contribution in [2.45, 2.75) is 19.4 Å². The molecule has 0 spiro atoms. The van der Waals surface area contributed by atoms with Crippen LogP contribution >= 0.6 is 27.5 Å². The molecule has 0 amide bonds. The zero-order chi connectivity index (χ0) is 10.1. The maximum absolute atomic E-state index is 6.05. The highest BCUT2D eigenvalue weighted by Crippen LogP contribution is 2.29. The minimum atomic E-state index is 0.651. The van der Waals surface area contributed by atoms with Crippen molar-refractivity contribution < 1.29 is 0 Å². The lowest BCUT2D eigenvalue weighted by Gasteiger charge is -2.24. The van der Waals surface area contributed by atoms with E-state index in [-0.39, 0.29) is 0 Å². The van der Waals surface area contributed by atoms with Crippen molar-refractivity contribution in [3.8, 4) is 0 Å². The predicted octanol–water partition coefficient (Wildman–Crippen LogP) is 2.08. The number of nitrogens with zero attached hydrogens (tertiary/aromatic N) is 2. The summed E-state index contributed by atoms with van der Waals surface area (Å²) in [7, 11) is 1.99. The van der Waals surface area contributed by atoms with Crippen molar-refractivity contribution in [2.75, 3.05) is 13.6 Å². The summed E-state index contributed by atoms with van der Waals surface area (Å²) in [6, 6.07) is 0. The van der Waals surface area contributed by atoms with Crippen LogP contribution in [0.15, 0.2) is 4.73 Å². The fourth-order valence-electron chi connectivity index (χ4n) is 2.00. The summed E-state index contributed by atoms with van der Waals surface area (Å²) in [6.07, 6.45) is 2.22. The molecule has 2 heterocycles. The molecule has 1 unspecified atom stereocenters. The summed E-state index contributed by atoms with van der Waals surface area (Å²) >= 11 is 9.46. The van der Waals surface area contributed by atoms with Gasteiger partial charge in [0.25, 0.3) is 0 Å². The van der Waals surface area contributed by atoms with Crippen molar-refractivity contribution in [2.24, 2.45) is 5.92 Å². The molecule has 78 valence electrons. The third-order valence-corrected chi connectivity index (χ3v) is 3.62. The Morgan fingerprint density at radius 1 is 1.71 bits per heavy atom. The van der Waals surface area contributed by atoms with Crippen LogP contribution in [0.4, 0.5) is 0 Å². The van der Waals surface area contributed by atoms with Crippen LogP contribution in [-0.2, 0) is 13.0 Å². The van der Waals surface area contributed by atoms with Gasteiger partial charge in [-0.15, -0.1) is 0 Å². The minimum Gasteiger partial charge on any atom is -0.321 e. The molecule has 0 bridgehead atoms. The van der Waals surface area contributed by atoms with Crippen molar-refractivity contribution in [1.29, 1.82) is 0 Å². The monoisotopic (exact) mass is 277 g/mol. The largest absolute Gasteiger partial charge is 0.321 e. The number of rotatable bonds is 2. The second kappa shape index (κ2) is 4.21. The SMILES string of the molecule is CNCC1CCn2c(Br)nc(Cl)c2C1. The smallest absolute Gasteiger partial charge is 0.178 e. The predicted molar refractivity (Wildman–Crippen MR) is 60.7 cm³/mol. The lowest BCUT2D eigenvalue weighted by atomic mass is 9.96. The van der Waals surface area contributed by atoms with E-state index in [2.05, 4.69) is 30.8 Å². The average Bonchev–Trinajstić information content (AvgIpc) is 2.43. The third kappa shape index (κ3) is 1.83. The average molecular weight is 279 g/mol. The molecule has 1 atom stereocenters. The van der Waals surface area contributed by atoms with Gasteiger partial charge >= 0.3 is 0 Å². The number of hydrogen-bond acceptors (Lipinski definition) is 2. The van der Waals surface area contributed by atoms with Crippen LogP contribution in [0, 0.1) is 5.92 Å². The van der Waals surface area contributed by atoms with Gasteiger partial charge in [-0.05, 0) is 48.3 Å². The Morgan fingerprint density at radius 2 is 2.50 bits per heavy atom. The van der Waals surface area contributed by atoms with Gasteiger partial charge in [-0.1, -0.05) is 11.6 Å². The van der Waals surface area contributed by atoms with E-state index in [9.17, 15) is 0 Å². The summed E-state index contributed by atoms with van der Waals surface area (Å²) in [5, 5.41) is 3.86. The van der Waals surface area contributed by atoms with Crippen molar-refractivity contribution in [3.05, 3.63) is 15.6 Å². The normalized spacial score (nSPS) is 20.9. The maximum atomic E-state index is 6.05. The van der Waals surface area contributed by atoms with E-state index < -0.39 is 0 Å². The fourth-order valence-corrected chi connectivity index (χ4v) is 2.93. The lowest BCUT2D eigenvalue weighted by Crippen LogP contribution is -2.27. The van der Waals surface area contributed by atoms with Crippen molar-refractivity contribution >= 4 is 27.5 Å². The van der Waals surface area contributed by atoms with E-state index in [1.807, 2.05) is 7.05 Å². The van der Waals surface area contributed by atoms with Crippen LogP contribution < -0.4 is 5.32 Å². The quantitative estimate of drug-likeness (QED) is 0.898. The van der Waals surface area contributed by atoms with Gasteiger partial charge in [-0.25, -0.2) is 4.98 Å². The number of imidazole rings is 1. The molecule has 1 aliphatic rings. The van der Waals surface area contributed by atoms with E-state index in [4.69, 9.17) is 11.6 Å². The molecule has 0 aromatic carbocycles. The van der Waals surface area contributed by atoms with E-state index in [0.717, 1.165) is 24.2 Å². The Balaban J connectivity index is 2.21. The number of aromatic nitrogens is 2. The van der Waals surface area contributed by atoms with Crippen LogP contribution in [-0.4, -0.2) is 23.1 Å². The first-order chi connectivity index (χ1) is 6.72. The van der Waals surface area contributed by atoms with E-state index in [1.54, 1.807) is 0 Å². The fraction of sp³-hybridized carbons (Fsp3) is 0.667. The summed E-state index contributed by atoms with van der Waals surface area (Å²) in [4.78, 5) is 4.21. The molecule has 14 heavy (non-hydrogen) atoms. The zero-order valence-electron chi connectivity index (χ0n) is 8.06. The Labute approximate surface area is 97.0 Å². The van der Waals surface area contributed by atoms with Crippen LogP contribution in [0.25, 0.3) is 0 Å². The van der Waals surface area contributed by atoms with Crippen molar-refractivity contribution in [1.82, 2.24) is 14.9 Å². The van der Waals surface area contributed by atoms with Gasteiger partial charge in [-0.2, -0.15) is 0 Å². The van der Waals surface area contributed by atoms with Gasteiger partial charge in [0.15, 0.2) is 9.89 Å². The van der Waals surface area contributed by atoms with Crippen LogP contribution in [0.1, 0.15) is 12.1 Å². The Hall–Kier alpha value is -0.0600. The second-order valence-electron chi connectivity index (χ2n) is 3.69. The molecule has 1 N–H and O–H groups in total. The first kappa shape index (κ1) is 10.5. The highest BCUT2D eigenvalue weighted by atomic mass is 79.9. The maximum Gasteiger partial charge on any atom is 0.178 e. The lowest BCUT2D eigenvalue weighted by molar-refractivity contribution is 0.375. The number of hydrogen-bond donors (Lipinski definition) is 1. The molecule has 0 saturated carbocycles. The van der Waals surface area contributed by atoms with Crippen LogP contribution in [0.3, 0.4) is 0 Å². The molecule has 0 fully saturated rings.